The third-order valence-corrected chi connectivity index (χ3v) is 10.0. The number of carbonyl (C=O) groups is 1. The van der Waals surface area contributed by atoms with E-state index >= 15 is 0 Å². The van der Waals surface area contributed by atoms with Gasteiger partial charge in [0.05, 0.1) is 13.7 Å². The fraction of sp³-hybridized carbons (Fsp3) is 0.350. The van der Waals surface area contributed by atoms with E-state index in [1.807, 2.05) is 36.4 Å². The number of esters is 1. The van der Waals surface area contributed by atoms with Crippen LogP contribution in [0.4, 0.5) is 0 Å². The fourth-order valence-electron chi connectivity index (χ4n) is 3.37. The number of aliphatic hydroxyl groups is 1. The number of rotatable bonds is 6. The van der Waals surface area contributed by atoms with E-state index in [-0.39, 0.29) is 11.6 Å². The Morgan fingerprint density at radius 2 is 1.48 bits per heavy atom. The van der Waals surface area contributed by atoms with Gasteiger partial charge in [0.15, 0.2) is 8.24 Å². The van der Waals surface area contributed by atoms with Crippen LogP contribution in [0.15, 0.2) is 60.7 Å². The first-order chi connectivity index (χ1) is 11.9. The summed E-state index contributed by atoms with van der Waals surface area (Å²) in [5.41, 5.74) is 0. The van der Waals surface area contributed by atoms with E-state index in [4.69, 9.17) is 4.74 Å². The lowest BCUT2D eigenvalue weighted by Crippen LogP contribution is -2.76. The maximum Gasteiger partial charge on any atom is 0.324 e. The highest BCUT2D eigenvalue weighted by atomic mass is 28.3. The Morgan fingerprint density at radius 1 is 1.04 bits per heavy atom. The number of nitrogens with one attached hydrogen (secondary N) is 1. The van der Waals surface area contributed by atoms with Crippen molar-refractivity contribution in [3.05, 3.63) is 60.7 Å². The van der Waals surface area contributed by atoms with Gasteiger partial charge in [-0.1, -0.05) is 81.4 Å². The zero-order chi connectivity index (χ0) is 18.5. The molecular weight excluding hydrogens is 330 g/mol. The Hall–Kier alpha value is -1.95. The predicted molar refractivity (Wildman–Crippen MR) is 104 cm³/mol. The van der Waals surface area contributed by atoms with Gasteiger partial charge in [-0.3, -0.25) is 4.79 Å². The molecule has 134 valence electrons. The summed E-state index contributed by atoms with van der Waals surface area (Å²) in [7, 11) is -1.28. The molecule has 0 spiro atoms. The zero-order valence-electron chi connectivity index (χ0n) is 15.3. The van der Waals surface area contributed by atoms with Crippen molar-refractivity contribution >= 4 is 24.6 Å². The van der Waals surface area contributed by atoms with Crippen molar-refractivity contribution < 1.29 is 14.6 Å². The third kappa shape index (κ3) is 3.84. The van der Waals surface area contributed by atoms with E-state index in [1.165, 1.54) is 7.11 Å². The zero-order valence-corrected chi connectivity index (χ0v) is 16.3. The summed E-state index contributed by atoms with van der Waals surface area (Å²) in [6.07, 6.45) is 0. The second-order valence-corrected chi connectivity index (χ2v) is 11.6. The predicted octanol–water partition coefficient (Wildman–Crippen LogP) is 1.67. The van der Waals surface area contributed by atoms with Crippen molar-refractivity contribution in [2.24, 2.45) is 0 Å². The number of hydrogen-bond acceptors (Lipinski definition) is 4. The van der Waals surface area contributed by atoms with Gasteiger partial charge >= 0.3 is 5.97 Å². The van der Waals surface area contributed by atoms with Crippen LogP contribution in [0.1, 0.15) is 20.8 Å². The summed E-state index contributed by atoms with van der Waals surface area (Å²) in [4.78, 5) is 15.7. The number of benzene rings is 2. The molecule has 0 unspecified atom stereocenters. The standard InChI is InChI=1S/C20H27NO3Si/c1-20(2,3)25(16-11-7-5-8-12-16,17-13-9-6-10-14-17)21-18(15-22)19(23)24-4/h5-14,18,21-22H,15H2,1-4H3/t18-/m0/s1. The van der Waals surface area contributed by atoms with Crippen LogP contribution in [0, 0.1) is 0 Å². The highest BCUT2D eigenvalue weighted by Gasteiger charge is 2.50. The summed E-state index contributed by atoms with van der Waals surface area (Å²) in [5, 5.41) is 12.0. The van der Waals surface area contributed by atoms with Gasteiger partial charge < -0.3 is 14.8 Å². The van der Waals surface area contributed by atoms with Crippen molar-refractivity contribution in [1.82, 2.24) is 4.98 Å². The van der Waals surface area contributed by atoms with Crippen molar-refractivity contribution in [2.45, 2.75) is 31.9 Å². The van der Waals surface area contributed by atoms with Crippen LogP contribution >= 0.6 is 0 Å². The Kier molecular flexibility index (Phi) is 6.16. The number of hydrogen-bond donors (Lipinski definition) is 2. The first kappa shape index (κ1) is 19.4. The van der Waals surface area contributed by atoms with E-state index in [1.54, 1.807) is 0 Å². The minimum absolute atomic E-state index is 0.156. The number of ether oxygens (including phenoxy) is 1. The highest BCUT2D eigenvalue weighted by Crippen LogP contribution is 2.34. The smallest absolute Gasteiger partial charge is 0.324 e. The van der Waals surface area contributed by atoms with Gasteiger partial charge in [-0.15, -0.1) is 0 Å². The molecule has 0 aromatic heterocycles. The van der Waals surface area contributed by atoms with Gasteiger partial charge in [-0.2, -0.15) is 0 Å². The molecular formula is C20H27NO3Si. The van der Waals surface area contributed by atoms with Gasteiger partial charge in [-0.05, 0) is 15.4 Å². The molecule has 1 atom stereocenters. The molecule has 2 aromatic rings. The first-order valence-electron chi connectivity index (χ1n) is 8.44. The largest absolute Gasteiger partial charge is 0.468 e. The SMILES string of the molecule is COC(=O)[C@H](CO)N[Si](c1ccccc1)(c1ccccc1)C(C)(C)C. The molecule has 5 heteroatoms. The molecule has 0 saturated carbocycles. The Bertz CT molecular complexity index is 644. The van der Waals surface area contributed by atoms with E-state index in [0.29, 0.717) is 0 Å². The monoisotopic (exact) mass is 357 g/mol. The molecule has 0 aliphatic rings. The molecule has 2 rings (SSSR count). The molecule has 25 heavy (non-hydrogen) atoms. The van der Waals surface area contributed by atoms with Crippen molar-refractivity contribution in [3.63, 3.8) is 0 Å². The average Bonchev–Trinajstić information content (AvgIpc) is 2.62. The molecule has 2 aromatic carbocycles. The summed E-state index contributed by atoms with van der Waals surface area (Å²) in [5.74, 6) is -0.449. The maximum absolute atomic E-state index is 12.2. The number of methoxy groups -OCH3 is 1. The highest BCUT2D eigenvalue weighted by molar-refractivity contribution is 7.02. The number of aliphatic hydroxyl groups excluding tert-OH is 1. The quantitative estimate of drug-likeness (QED) is 0.610. The molecule has 4 nitrogen and oxygen atoms in total. The minimum Gasteiger partial charge on any atom is -0.468 e. The van der Waals surface area contributed by atoms with Crippen LogP contribution in [-0.4, -0.2) is 39.1 Å². The fourth-order valence-corrected chi connectivity index (χ4v) is 8.32. The van der Waals surface area contributed by atoms with Gasteiger partial charge in [0.25, 0.3) is 0 Å². The first-order valence-corrected chi connectivity index (χ1v) is 10.4. The minimum atomic E-state index is -2.62. The molecule has 0 bridgehead atoms. The Balaban J connectivity index is 2.70. The molecule has 2 N–H and O–H groups in total. The van der Waals surface area contributed by atoms with Crippen LogP contribution in [0.3, 0.4) is 0 Å². The number of carbonyl (C=O) groups excluding carboxylic acids is 1. The van der Waals surface area contributed by atoms with Crippen LogP contribution < -0.4 is 15.4 Å². The van der Waals surface area contributed by atoms with Gasteiger partial charge in [-0.25, -0.2) is 0 Å². The van der Waals surface area contributed by atoms with Crippen molar-refractivity contribution in [1.29, 1.82) is 0 Å². The third-order valence-electron chi connectivity index (χ3n) is 4.60. The van der Waals surface area contributed by atoms with E-state index < -0.39 is 20.2 Å². The summed E-state index contributed by atoms with van der Waals surface area (Å²) in [6, 6.07) is 19.7. The lowest BCUT2D eigenvalue weighted by molar-refractivity contribution is -0.143. The van der Waals surface area contributed by atoms with Crippen LogP contribution in [-0.2, 0) is 9.53 Å². The van der Waals surface area contributed by atoms with Gasteiger partial charge in [0.1, 0.15) is 6.04 Å². The lowest BCUT2D eigenvalue weighted by Gasteiger charge is -2.45. The van der Waals surface area contributed by atoms with Crippen LogP contribution in [0.5, 0.6) is 0 Å². The average molecular weight is 358 g/mol. The van der Waals surface area contributed by atoms with Crippen LogP contribution in [0.25, 0.3) is 0 Å². The van der Waals surface area contributed by atoms with E-state index in [2.05, 4.69) is 50.0 Å². The Morgan fingerprint density at radius 3 is 1.80 bits per heavy atom. The molecule has 0 heterocycles. The lowest BCUT2D eigenvalue weighted by atomic mass is 10.2. The molecule has 0 amide bonds. The summed E-state index contributed by atoms with van der Waals surface area (Å²) < 4.78 is 4.89. The van der Waals surface area contributed by atoms with Gasteiger partial charge in [0, 0.05) is 0 Å². The van der Waals surface area contributed by atoms with E-state index in [9.17, 15) is 9.90 Å². The topological polar surface area (TPSA) is 58.6 Å². The van der Waals surface area contributed by atoms with Crippen molar-refractivity contribution in [2.75, 3.05) is 13.7 Å². The van der Waals surface area contributed by atoms with Crippen LogP contribution in [0.2, 0.25) is 5.04 Å². The molecule has 0 aliphatic carbocycles. The van der Waals surface area contributed by atoms with Crippen molar-refractivity contribution in [3.8, 4) is 0 Å². The summed E-state index contributed by atoms with van der Waals surface area (Å²) in [6.45, 7) is 6.23. The normalized spacial score (nSPS) is 13.3. The Labute approximate surface area is 150 Å². The second-order valence-electron chi connectivity index (χ2n) is 7.13. The van der Waals surface area contributed by atoms with Gasteiger partial charge in [0.2, 0.25) is 0 Å². The summed E-state index contributed by atoms with van der Waals surface area (Å²) >= 11 is 0. The molecule has 0 saturated heterocycles. The maximum atomic E-state index is 12.2. The molecule has 0 aliphatic heterocycles. The molecule has 0 radical (unpaired) electrons. The molecule has 0 fully saturated rings. The van der Waals surface area contributed by atoms with E-state index in [0.717, 1.165) is 10.4 Å². The second kappa shape index (κ2) is 7.95.